The first-order valence-corrected chi connectivity index (χ1v) is 7.20. The fourth-order valence-electron chi connectivity index (χ4n) is 2.66. The van der Waals surface area contributed by atoms with Crippen LogP contribution in [0.2, 0.25) is 0 Å². The number of Topliss-reactive ketones (excluding diaryl/α,β-unsaturated/α-hetero) is 1. The topological polar surface area (TPSA) is 35.5 Å². The predicted octanol–water partition coefficient (Wildman–Crippen LogP) is 3.83. The summed E-state index contributed by atoms with van der Waals surface area (Å²) in [5.74, 6) is 1.93. The first kappa shape index (κ1) is 13.7. The van der Waals surface area contributed by atoms with Crippen LogP contribution in [0.5, 0.6) is 11.5 Å². The lowest BCUT2D eigenvalue weighted by Crippen LogP contribution is -2.20. The zero-order chi connectivity index (χ0) is 14.7. The highest BCUT2D eigenvalue weighted by Gasteiger charge is 2.22. The molecule has 1 atom stereocenters. The highest BCUT2D eigenvalue weighted by atomic mass is 16.5. The minimum Gasteiger partial charge on any atom is -0.493 e. The molecule has 0 spiro atoms. The molecule has 0 radical (unpaired) electrons. The molecule has 1 heterocycles. The van der Waals surface area contributed by atoms with Crippen LogP contribution >= 0.6 is 0 Å². The third-order valence-electron chi connectivity index (χ3n) is 3.79. The predicted molar refractivity (Wildman–Crippen MR) is 81.2 cm³/mol. The Bertz CT molecular complexity index is 648. The molecule has 0 aliphatic carbocycles. The van der Waals surface area contributed by atoms with Crippen LogP contribution in [-0.2, 0) is 0 Å². The van der Waals surface area contributed by atoms with Crippen LogP contribution in [0.3, 0.4) is 0 Å². The number of benzene rings is 2. The summed E-state index contributed by atoms with van der Waals surface area (Å²) in [6.45, 7) is 2.83. The Labute approximate surface area is 124 Å². The van der Waals surface area contributed by atoms with E-state index in [1.54, 1.807) is 13.0 Å². The lowest BCUT2D eigenvalue weighted by Gasteiger charge is -2.26. The number of ether oxygens (including phenoxy) is 2. The van der Waals surface area contributed by atoms with Crippen molar-refractivity contribution in [2.24, 2.45) is 0 Å². The molecule has 0 bridgehead atoms. The highest BCUT2D eigenvalue weighted by Crippen LogP contribution is 2.34. The Morgan fingerprint density at radius 2 is 1.95 bits per heavy atom. The maximum absolute atomic E-state index is 11.6. The van der Waals surface area contributed by atoms with Gasteiger partial charge in [0.15, 0.2) is 5.78 Å². The van der Waals surface area contributed by atoms with Crippen LogP contribution in [0, 0.1) is 0 Å². The van der Waals surface area contributed by atoms with Crippen LogP contribution in [0.1, 0.15) is 35.2 Å². The molecule has 21 heavy (non-hydrogen) atoms. The summed E-state index contributed by atoms with van der Waals surface area (Å²) >= 11 is 0. The lowest BCUT2D eigenvalue weighted by molar-refractivity contribution is 0.101. The van der Waals surface area contributed by atoms with Gasteiger partial charge >= 0.3 is 0 Å². The minimum absolute atomic E-state index is 0.0259. The van der Waals surface area contributed by atoms with Gasteiger partial charge in [0.2, 0.25) is 0 Å². The van der Waals surface area contributed by atoms with Gasteiger partial charge in [-0.05, 0) is 31.5 Å². The molecule has 0 amide bonds. The second-order valence-electron chi connectivity index (χ2n) is 5.24. The van der Waals surface area contributed by atoms with Crippen molar-refractivity contribution < 1.29 is 14.3 Å². The molecule has 0 saturated carbocycles. The normalized spacial score (nSPS) is 16.7. The van der Waals surface area contributed by atoms with E-state index in [0.29, 0.717) is 30.4 Å². The summed E-state index contributed by atoms with van der Waals surface area (Å²) in [7, 11) is 0. The average molecular weight is 282 g/mol. The summed E-state index contributed by atoms with van der Waals surface area (Å²) in [5, 5.41) is 0. The van der Waals surface area contributed by atoms with Crippen molar-refractivity contribution >= 4 is 5.78 Å². The van der Waals surface area contributed by atoms with Gasteiger partial charge in [-0.2, -0.15) is 0 Å². The van der Waals surface area contributed by atoms with Crippen molar-refractivity contribution in [1.29, 1.82) is 0 Å². The van der Waals surface area contributed by atoms with E-state index < -0.39 is 0 Å². The first-order chi connectivity index (χ1) is 10.3. The van der Waals surface area contributed by atoms with Gasteiger partial charge in [0, 0.05) is 11.5 Å². The van der Waals surface area contributed by atoms with Crippen molar-refractivity contribution in [2.45, 2.75) is 19.3 Å². The van der Waals surface area contributed by atoms with Gasteiger partial charge < -0.3 is 9.47 Å². The first-order valence-electron chi connectivity index (χ1n) is 7.20. The molecule has 1 aliphatic heterocycles. The van der Waals surface area contributed by atoms with E-state index in [1.807, 2.05) is 36.4 Å². The molecule has 1 aliphatic rings. The molecule has 2 aromatic rings. The molecular formula is C18H18O3. The van der Waals surface area contributed by atoms with Crippen molar-refractivity contribution in [3.8, 4) is 11.5 Å². The number of ketones is 1. The van der Waals surface area contributed by atoms with Crippen molar-refractivity contribution in [3.05, 3.63) is 59.7 Å². The Balaban J connectivity index is 1.76. The molecule has 2 aromatic carbocycles. The number of hydrogen-bond donors (Lipinski definition) is 0. The van der Waals surface area contributed by atoms with Gasteiger partial charge in [0.05, 0.1) is 18.8 Å². The summed E-state index contributed by atoms with van der Waals surface area (Å²) in [6.07, 6.45) is 0.930. The van der Waals surface area contributed by atoms with Gasteiger partial charge in [-0.3, -0.25) is 4.79 Å². The van der Waals surface area contributed by atoms with E-state index in [4.69, 9.17) is 9.47 Å². The Hall–Kier alpha value is -2.29. The third-order valence-corrected chi connectivity index (χ3v) is 3.79. The van der Waals surface area contributed by atoms with Crippen LogP contribution in [0.4, 0.5) is 0 Å². The Kier molecular flexibility index (Phi) is 3.91. The molecule has 0 aromatic heterocycles. The van der Waals surface area contributed by atoms with Crippen molar-refractivity contribution in [1.82, 2.24) is 0 Å². The van der Waals surface area contributed by atoms with Crippen LogP contribution in [0.25, 0.3) is 0 Å². The smallest absolute Gasteiger partial charge is 0.163 e. The van der Waals surface area contributed by atoms with Gasteiger partial charge in [0.1, 0.15) is 11.5 Å². The molecule has 3 nitrogen and oxygen atoms in total. The molecule has 108 valence electrons. The summed E-state index contributed by atoms with van der Waals surface area (Å²) in [6, 6.07) is 15.5. The number of rotatable bonds is 4. The van der Waals surface area contributed by atoms with Crippen molar-refractivity contribution in [2.75, 3.05) is 13.2 Å². The minimum atomic E-state index is 0.0259. The monoisotopic (exact) mass is 282 g/mol. The second kappa shape index (κ2) is 6.00. The van der Waals surface area contributed by atoms with E-state index >= 15 is 0 Å². The van der Waals surface area contributed by atoms with E-state index in [0.717, 1.165) is 12.2 Å². The fourth-order valence-corrected chi connectivity index (χ4v) is 2.66. The summed E-state index contributed by atoms with van der Waals surface area (Å²) < 4.78 is 11.6. The van der Waals surface area contributed by atoms with Gasteiger partial charge in [-0.15, -0.1) is 0 Å². The largest absolute Gasteiger partial charge is 0.493 e. The van der Waals surface area contributed by atoms with Crippen LogP contribution < -0.4 is 9.47 Å². The number of carbonyl (C=O) groups is 1. The van der Waals surface area contributed by atoms with Gasteiger partial charge in [-0.1, -0.05) is 30.3 Å². The quantitative estimate of drug-likeness (QED) is 0.799. The summed E-state index contributed by atoms with van der Waals surface area (Å²) in [4.78, 5) is 11.6. The number of carbonyl (C=O) groups excluding carboxylic acids is 1. The molecule has 0 N–H and O–H groups in total. The molecule has 3 rings (SSSR count). The fraction of sp³-hybridized carbons (Fsp3) is 0.278. The standard InChI is InChI=1S/C18H18O3/c1-13(19)15-6-2-4-8-17(15)21-12-14-10-11-20-18-9-5-3-7-16(14)18/h2-9,14H,10-12H2,1H3. The molecule has 0 fully saturated rings. The zero-order valence-electron chi connectivity index (χ0n) is 12.0. The number of fused-ring (bicyclic) bond motifs is 1. The summed E-state index contributed by atoms with van der Waals surface area (Å²) in [5.41, 5.74) is 1.82. The molecule has 3 heteroatoms. The Morgan fingerprint density at radius 1 is 1.19 bits per heavy atom. The molecular weight excluding hydrogens is 264 g/mol. The van der Waals surface area contributed by atoms with E-state index in [9.17, 15) is 4.79 Å². The zero-order valence-corrected chi connectivity index (χ0v) is 12.0. The second-order valence-corrected chi connectivity index (χ2v) is 5.24. The van der Waals surface area contributed by atoms with Crippen LogP contribution in [0.15, 0.2) is 48.5 Å². The third kappa shape index (κ3) is 2.92. The Morgan fingerprint density at radius 3 is 2.81 bits per heavy atom. The van der Waals surface area contributed by atoms with Crippen molar-refractivity contribution in [3.63, 3.8) is 0 Å². The van der Waals surface area contributed by atoms with Gasteiger partial charge in [0.25, 0.3) is 0 Å². The van der Waals surface area contributed by atoms with Gasteiger partial charge in [-0.25, -0.2) is 0 Å². The van der Waals surface area contributed by atoms with Crippen LogP contribution in [-0.4, -0.2) is 19.0 Å². The van der Waals surface area contributed by atoms with E-state index in [1.165, 1.54) is 5.56 Å². The van der Waals surface area contributed by atoms with E-state index in [2.05, 4.69) is 6.07 Å². The maximum Gasteiger partial charge on any atom is 0.163 e. The highest BCUT2D eigenvalue weighted by molar-refractivity contribution is 5.96. The lowest BCUT2D eigenvalue weighted by atomic mass is 9.94. The van der Waals surface area contributed by atoms with E-state index in [-0.39, 0.29) is 5.78 Å². The molecule has 0 saturated heterocycles. The number of hydrogen-bond acceptors (Lipinski definition) is 3. The SMILES string of the molecule is CC(=O)c1ccccc1OCC1CCOc2ccccc21. The molecule has 1 unspecified atom stereocenters. The maximum atomic E-state index is 11.6. The average Bonchev–Trinajstić information content (AvgIpc) is 2.53. The number of para-hydroxylation sites is 2.